The second-order valence-corrected chi connectivity index (χ2v) is 8.89. The Bertz CT molecular complexity index is 570. The molecular weight excluding hydrogens is 469 g/mol. The first kappa shape index (κ1) is 22.8. The Morgan fingerprint density at radius 2 is 1.89 bits per heavy atom. The monoisotopic (exact) mass is 503 g/mol. The van der Waals surface area contributed by atoms with Crippen molar-refractivity contribution in [2.24, 2.45) is 4.99 Å². The second-order valence-electron chi connectivity index (χ2n) is 7.35. The molecule has 0 bridgehead atoms. The van der Waals surface area contributed by atoms with Gasteiger partial charge in [0.2, 0.25) is 0 Å². The number of aliphatic imine (C=N–C) groups is 1. The fourth-order valence-electron chi connectivity index (χ4n) is 4.12. The van der Waals surface area contributed by atoms with Crippen LogP contribution < -0.4 is 5.32 Å². The van der Waals surface area contributed by atoms with Crippen molar-refractivity contribution in [3.8, 4) is 0 Å². The Balaban J connectivity index is 0.00000261. The topological polar surface area (TPSA) is 36.9 Å². The zero-order valence-electron chi connectivity index (χ0n) is 16.7. The number of hydrogen-bond acceptors (Lipinski definition) is 3. The number of benzene rings is 1. The summed E-state index contributed by atoms with van der Waals surface area (Å²) in [7, 11) is 1.91. The Morgan fingerprint density at radius 1 is 1.22 bits per heavy atom. The van der Waals surface area contributed by atoms with Crippen LogP contribution in [0.25, 0.3) is 0 Å². The molecule has 1 aliphatic carbocycles. The van der Waals surface area contributed by atoms with Gasteiger partial charge >= 0.3 is 0 Å². The van der Waals surface area contributed by atoms with E-state index in [0.717, 1.165) is 45.0 Å². The number of piperidine rings is 1. The van der Waals surface area contributed by atoms with E-state index in [0.29, 0.717) is 10.9 Å². The molecule has 1 saturated heterocycles. The molecule has 1 aliphatic heterocycles. The van der Waals surface area contributed by atoms with Crippen molar-refractivity contribution in [1.82, 2.24) is 10.2 Å². The average Bonchev–Trinajstić information content (AvgIpc) is 3.13. The largest absolute Gasteiger partial charge is 0.378 e. The molecule has 2 aliphatic rings. The van der Waals surface area contributed by atoms with Gasteiger partial charge in [-0.25, -0.2) is 0 Å². The number of likely N-dealkylation sites (tertiary alicyclic amines) is 1. The lowest BCUT2D eigenvalue weighted by Gasteiger charge is -2.36. The summed E-state index contributed by atoms with van der Waals surface area (Å²) in [6.07, 6.45) is 7.84. The minimum atomic E-state index is 0. The van der Waals surface area contributed by atoms with E-state index in [1.807, 2.05) is 18.8 Å². The minimum Gasteiger partial charge on any atom is -0.378 e. The summed E-state index contributed by atoms with van der Waals surface area (Å²) in [4.78, 5) is 8.34. The van der Waals surface area contributed by atoms with Gasteiger partial charge in [0.25, 0.3) is 0 Å². The van der Waals surface area contributed by atoms with Crippen LogP contribution in [0.3, 0.4) is 0 Å². The second kappa shape index (κ2) is 11.5. The quantitative estimate of drug-likeness (QED) is 0.344. The van der Waals surface area contributed by atoms with Crippen LogP contribution in [-0.4, -0.2) is 55.0 Å². The predicted molar refractivity (Wildman–Crippen MR) is 126 cm³/mol. The van der Waals surface area contributed by atoms with Gasteiger partial charge in [0, 0.05) is 42.9 Å². The van der Waals surface area contributed by atoms with Crippen molar-refractivity contribution < 1.29 is 4.74 Å². The number of nitrogens with one attached hydrogen (secondary N) is 1. The maximum absolute atomic E-state index is 5.78. The standard InChI is InChI=1S/C21H33N3OS.HI/c1-3-25-18-11-15-24(16-12-18)20(22-2)23-17-21(13-7-8-14-21)26-19-9-5-4-6-10-19;/h4-6,9-10,18H,3,7-8,11-17H2,1-2H3,(H,22,23);1H. The fourth-order valence-corrected chi connectivity index (χ4v) is 5.55. The van der Waals surface area contributed by atoms with E-state index in [2.05, 4.69) is 52.5 Å². The third-order valence-corrected chi connectivity index (χ3v) is 7.01. The molecule has 1 N–H and O–H groups in total. The van der Waals surface area contributed by atoms with E-state index in [1.165, 1.54) is 30.6 Å². The Morgan fingerprint density at radius 3 is 2.48 bits per heavy atom. The molecule has 1 aromatic rings. The highest BCUT2D eigenvalue weighted by Gasteiger charge is 2.35. The van der Waals surface area contributed by atoms with E-state index in [4.69, 9.17) is 4.74 Å². The third-order valence-electron chi connectivity index (χ3n) is 5.52. The van der Waals surface area contributed by atoms with Gasteiger partial charge in [-0.2, -0.15) is 0 Å². The zero-order valence-corrected chi connectivity index (χ0v) is 19.8. The first-order valence-corrected chi connectivity index (χ1v) is 10.9. The van der Waals surface area contributed by atoms with E-state index in [1.54, 1.807) is 0 Å². The molecule has 3 rings (SSSR count). The molecule has 0 spiro atoms. The molecule has 0 aromatic heterocycles. The van der Waals surface area contributed by atoms with Crippen molar-refractivity contribution >= 4 is 41.7 Å². The molecule has 0 unspecified atom stereocenters. The molecule has 2 fully saturated rings. The predicted octanol–water partition coefficient (Wildman–Crippen LogP) is 4.79. The molecule has 27 heavy (non-hydrogen) atoms. The number of rotatable bonds is 6. The first-order valence-electron chi connectivity index (χ1n) is 10.1. The molecule has 152 valence electrons. The van der Waals surface area contributed by atoms with Gasteiger partial charge in [0.15, 0.2) is 5.96 Å². The van der Waals surface area contributed by atoms with Crippen LogP contribution in [-0.2, 0) is 4.74 Å². The van der Waals surface area contributed by atoms with Crippen LogP contribution in [0.2, 0.25) is 0 Å². The highest BCUT2D eigenvalue weighted by Crippen LogP contribution is 2.44. The number of ether oxygens (including phenoxy) is 1. The maximum Gasteiger partial charge on any atom is 0.193 e. The molecule has 1 saturated carbocycles. The number of hydrogen-bond donors (Lipinski definition) is 1. The summed E-state index contributed by atoms with van der Waals surface area (Å²) < 4.78 is 6.07. The summed E-state index contributed by atoms with van der Waals surface area (Å²) in [5, 5.41) is 3.70. The summed E-state index contributed by atoms with van der Waals surface area (Å²) in [5.74, 6) is 1.06. The SMILES string of the molecule is CCOC1CCN(C(=NC)NCC2(Sc3ccccc3)CCCC2)CC1.I. The van der Waals surface area contributed by atoms with Crippen LogP contribution in [0.1, 0.15) is 45.4 Å². The fraction of sp³-hybridized carbons (Fsp3) is 0.667. The Hall–Kier alpha value is -0.470. The number of guanidine groups is 1. The zero-order chi connectivity index (χ0) is 18.2. The molecule has 4 nitrogen and oxygen atoms in total. The molecule has 0 amide bonds. The van der Waals surface area contributed by atoms with Gasteiger partial charge in [-0.3, -0.25) is 4.99 Å². The molecule has 0 atom stereocenters. The van der Waals surface area contributed by atoms with Crippen molar-refractivity contribution in [3.63, 3.8) is 0 Å². The third kappa shape index (κ3) is 6.53. The molecule has 6 heteroatoms. The van der Waals surface area contributed by atoms with Crippen LogP contribution >= 0.6 is 35.7 Å². The van der Waals surface area contributed by atoms with Crippen LogP contribution in [0.4, 0.5) is 0 Å². The summed E-state index contributed by atoms with van der Waals surface area (Å²) in [5.41, 5.74) is 0. The maximum atomic E-state index is 5.78. The molecular formula is C21H34IN3OS. The van der Waals surface area contributed by atoms with Gasteiger partial charge < -0.3 is 15.0 Å². The molecule has 1 aromatic carbocycles. The Kier molecular flexibility index (Phi) is 9.73. The molecule has 0 radical (unpaired) electrons. The number of halogens is 1. The van der Waals surface area contributed by atoms with Crippen LogP contribution in [0.15, 0.2) is 40.2 Å². The van der Waals surface area contributed by atoms with Crippen molar-refractivity contribution in [1.29, 1.82) is 0 Å². The van der Waals surface area contributed by atoms with Gasteiger partial charge in [0.05, 0.1) is 6.10 Å². The van der Waals surface area contributed by atoms with E-state index in [9.17, 15) is 0 Å². The van der Waals surface area contributed by atoms with Crippen LogP contribution in [0, 0.1) is 0 Å². The smallest absolute Gasteiger partial charge is 0.193 e. The first-order chi connectivity index (χ1) is 12.7. The highest BCUT2D eigenvalue weighted by atomic mass is 127. The highest BCUT2D eigenvalue weighted by molar-refractivity contribution is 14.0. The summed E-state index contributed by atoms with van der Waals surface area (Å²) in [6, 6.07) is 10.8. The van der Waals surface area contributed by atoms with Gasteiger partial charge in [-0.15, -0.1) is 35.7 Å². The van der Waals surface area contributed by atoms with E-state index < -0.39 is 0 Å². The van der Waals surface area contributed by atoms with Crippen molar-refractivity contribution in [2.45, 2.75) is 61.2 Å². The lowest BCUT2D eigenvalue weighted by atomic mass is 10.1. The van der Waals surface area contributed by atoms with E-state index in [-0.39, 0.29) is 24.0 Å². The lowest BCUT2D eigenvalue weighted by molar-refractivity contribution is 0.0263. The van der Waals surface area contributed by atoms with Crippen molar-refractivity contribution in [3.05, 3.63) is 30.3 Å². The lowest BCUT2D eigenvalue weighted by Crippen LogP contribution is -2.50. The van der Waals surface area contributed by atoms with Gasteiger partial charge in [0.1, 0.15) is 0 Å². The number of thioether (sulfide) groups is 1. The average molecular weight is 503 g/mol. The van der Waals surface area contributed by atoms with E-state index >= 15 is 0 Å². The van der Waals surface area contributed by atoms with Gasteiger partial charge in [-0.05, 0) is 44.7 Å². The minimum absolute atomic E-state index is 0. The molecule has 1 heterocycles. The van der Waals surface area contributed by atoms with Crippen LogP contribution in [0.5, 0.6) is 0 Å². The normalized spacial score (nSPS) is 20.4. The Labute approximate surface area is 185 Å². The summed E-state index contributed by atoms with van der Waals surface area (Å²) in [6.45, 7) is 5.95. The number of nitrogens with zero attached hydrogens (tertiary/aromatic N) is 2. The summed E-state index contributed by atoms with van der Waals surface area (Å²) >= 11 is 2.05. The van der Waals surface area contributed by atoms with Gasteiger partial charge in [-0.1, -0.05) is 31.0 Å². The van der Waals surface area contributed by atoms with Crippen molar-refractivity contribution in [2.75, 3.05) is 33.3 Å².